The molecule has 0 amide bonds. The molecule has 2 rings (SSSR count). The van der Waals surface area contributed by atoms with Crippen molar-refractivity contribution in [2.75, 3.05) is 13.1 Å². The zero-order chi connectivity index (χ0) is 13.3. The van der Waals surface area contributed by atoms with Gasteiger partial charge in [-0.3, -0.25) is 4.90 Å². The van der Waals surface area contributed by atoms with E-state index in [1.165, 1.54) is 38.6 Å². The highest BCUT2D eigenvalue weighted by Gasteiger charge is 2.38. The molecule has 0 bridgehead atoms. The van der Waals surface area contributed by atoms with E-state index in [1.54, 1.807) is 0 Å². The summed E-state index contributed by atoms with van der Waals surface area (Å²) in [5, 5.41) is 0. The Morgan fingerprint density at radius 2 is 1.89 bits per heavy atom. The van der Waals surface area contributed by atoms with Gasteiger partial charge in [-0.15, -0.1) is 0 Å². The van der Waals surface area contributed by atoms with Gasteiger partial charge in [0.05, 0.1) is 0 Å². The normalized spacial score (nSPS) is 41.8. The molecule has 0 aromatic carbocycles. The molecule has 18 heavy (non-hydrogen) atoms. The first-order chi connectivity index (χ1) is 8.43. The van der Waals surface area contributed by atoms with Crippen LogP contribution in [0.1, 0.15) is 59.8 Å². The van der Waals surface area contributed by atoms with E-state index in [0.29, 0.717) is 5.41 Å². The lowest BCUT2D eigenvalue weighted by Crippen LogP contribution is -2.53. The van der Waals surface area contributed by atoms with Crippen molar-refractivity contribution in [3.63, 3.8) is 0 Å². The van der Waals surface area contributed by atoms with Crippen molar-refractivity contribution < 1.29 is 0 Å². The van der Waals surface area contributed by atoms with E-state index >= 15 is 0 Å². The molecule has 2 N–H and O–H groups in total. The van der Waals surface area contributed by atoms with Gasteiger partial charge in [0.15, 0.2) is 0 Å². The van der Waals surface area contributed by atoms with Gasteiger partial charge in [0.1, 0.15) is 0 Å². The van der Waals surface area contributed by atoms with Gasteiger partial charge in [-0.25, -0.2) is 0 Å². The van der Waals surface area contributed by atoms with E-state index in [2.05, 4.69) is 32.6 Å². The maximum Gasteiger partial charge on any atom is 0.0124 e. The lowest BCUT2D eigenvalue weighted by Gasteiger charge is -2.49. The van der Waals surface area contributed by atoms with Crippen LogP contribution in [0.15, 0.2) is 0 Å². The summed E-state index contributed by atoms with van der Waals surface area (Å²) in [6.45, 7) is 11.9. The fourth-order valence-corrected chi connectivity index (χ4v) is 4.29. The molecular weight excluding hydrogens is 220 g/mol. The summed E-state index contributed by atoms with van der Waals surface area (Å²) in [7, 11) is 0. The molecule has 4 atom stereocenters. The molecule has 2 aliphatic rings. The van der Waals surface area contributed by atoms with E-state index in [-0.39, 0.29) is 0 Å². The van der Waals surface area contributed by atoms with Gasteiger partial charge in [0.2, 0.25) is 0 Å². The van der Waals surface area contributed by atoms with Crippen molar-refractivity contribution in [1.82, 2.24) is 4.90 Å². The summed E-state index contributed by atoms with van der Waals surface area (Å²) in [4.78, 5) is 2.79. The van der Waals surface area contributed by atoms with Crippen LogP contribution in [-0.4, -0.2) is 30.1 Å². The third-order valence-electron chi connectivity index (χ3n) is 5.44. The highest BCUT2D eigenvalue weighted by atomic mass is 15.2. The van der Waals surface area contributed by atoms with Crippen molar-refractivity contribution in [1.29, 1.82) is 0 Å². The average molecular weight is 252 g/mol. The fourth-order valence-electron chi connectivity index (χ4n) is 4.29. The molecule has 4 unspecified atom stereocenters. The van der Waals surface area contributed by atoms with Crippen molar-refractivity contribution >= 4 is 0 Å². The molecule has 1 saturated heterocycles. The second-order valence-electron chi connectivity index (χ2n) is 7.68. The van der Waals surface area contributed by atoms with E-state index in [9.17, 15) is 0 Å². The number of rotatable bonds is 2. The molecule has 0 aromatic rings. The first-order valence-corrected chi connectivity index (χ1v) is 7.89. The topological polar surface area (TPSA) is 29.3 Å². The molecule has 2 fully saturated rings. The third kappa shape index (κ3) is 3.08. The molecule has 1 aliphatic carbocycles. The minimum absolute atomic E-state index is 0.558. The lowest BCUT2D eigenvalue weighted by atomic mass is 9.69. The van der Waals surface area contributed by atoms with Crippen LogP contribution in [0.2, 0.25) is 0 Å². The lowest BCUT2D eigenvalue weighted by molar-refractivity contribution is 0.00425. The second kappa shape index (κ2) is 5.50. The van der Waals surface area contributed by atoms with Crippen LogP contribution in [-0.2, 0) is 0 Å². The predicted molar refractivity (Wildman–Crippen MR) is 78.5 cm³/mol. The van der Waals surface area contributed by atoms with Gasteiger partial charge in [-0.1, -0.05) is 20.8 Å². The van der Waals surface area contributed by atoms with E-state index < -0.39 is 0 Å². The fraction of sp³-hybridized carbons (Fsp3) is 1.00. The van der Waals surface area contributed by atoms with E-state index in [4.69, 9.17) is 5.73 Å². The molecule has 0 aromatic heterocycles. The SMILES string of the molecule is CC1CC(C)(C)CCC1N1CC(CN)CCC1C. The Labute approximate surface area is 113 Å². The molecule has 2 nitrogen and oxygen atoms in total. The van der Waals surface area contributed by atoms with Crippen LogP contribution in [0.5, 0.6) is 0 Å². The summed E-state index contributed by atoms with van der Waals surface area (Å²) in [5.41, 5.74) is 6.45. The summed E-state index contributed by atoms with van der Waals surface area (Å²) in [6.07, 6.45) is 6.83. The molecule has 2 heteroatoms. The number of nitrogens with two attached hydrogens (primary N) is 1. The maximum atomic E-state index is 5.89. The highest BCUT2D eigenvalue weighted by Crippen LogP contribution is 2.42. The van der Waals surface area contributed by atoms with Crippen molar-refractivity contribution in [2.24, 2.45) is 23.0 Å². The number of hydrogen-bond acceptors (Lipinski definition) is 2. The quantitative estimate of drug-likeness (QED) is 0.817. The van der Waals surface area contributed by atoms with E-state index in [1.807, 2.05) is 0 Å². The Morgan fingerprint density at radius 1 is 1.17 bits per heavy atom. The van der Waals surface area contributed by atoms with Crippen LogP contribution in [0.4, 0.5) is 0 Å². The number of hydrogen-bond donors (Lipinski definition) is 1. The monoisotopic (exact) mass is 252 g/mol. The van der Waals surface area contributed by atoms with Crippen LogP contribution in [0.3, 0.4) is 0 Å². The largest absolute Gasteiger partial charge is 0.330 e. The summed E-state index contributed by atoms with van der Waals surface area (Å²) < 4.78 is 0. The Hall–Kier alpha value is -0.0800. The molecule has 0 radical (unpaired) electrons. The average Bonchev–Trinajstić information content (AvgIpc) is 2.29. The maximum absolute atomic E-state index is 5.89. The summed E-state index contributed by atoms with van der Waals surface area (Å²) in [6, 6.07) is 1.57. The van der Waals surface area contributed by atoms with Crippen molar-refractivity contribution in [3.05, 3.63) is 0 Å². The minimum atomic E-state index is 0.558. The molecule has 106 valence electrons. The van der Waals surface area contributed by atoms with Crippen molar-refractivity contribution in [2.45, 2.75) is 71.9 Å². The first-order valence-electron chi connectivity index (χ1n) is 7.89. The van der Waals surface area contributed by atoms with E-state index in [0.717, 1.165) is 30.5 Å². The van der Waals surface area contributed by atoms with Gasteiger partial charge in [0, 0.05) is 18.6 Å². The molecular formula is C16H32N2. The van der Waals surface area contributed by atoms with Gasteiger partial charge < -0.3 is 5.73 Å². The van der Waals surface area contributed by atoms with Crippen molar-refractivity contribution in [3.8, 4) is 0 Å². The standard InChI is InChI=1S/C16H32N2/c1-12-9-16(3,4)8-7-15(12)18-11-14(10-17)6-5-13(18)2/h12-15H,5-11,17H2,1-4H3. The number of likely N-dealkylation sites (tertiary alicyclic amines) is 1. The van der Waals surface area contributed by atoms with Gasteiger partial charge in [-0.05, 0) is 62.8 Å². The predicted octanol–water partition coefficient (Wildman–Crippen LogP) is 3.26. The van der Waals surface area contributed by atoms with Gasteiger partial charge in [0.25, 0.3) is 0 Å². The van der Waals surface area contributed by atoms with Gasteiger partial charge in [-0.2, -0.15) is 0 Å². The summed E-state index contributed by atoms with van der Waals surface area (Å²) >= 11 is 0. The second-order valence-corrected chi connectivity index (χ2v) is 7.68. The zero-order valence-electron chi connectivity index (χ0n) is 12.8. The molecule has 1 heterocycles. The van der Waals surface area contributed by atoms with Gasteiger partial charge >= 0.3 is 0 Å². The number of piperidine rings is 1. The Balaban J connectivity index is 2.01. The van der Waals surface area contributed by atoms with Crippen LogP contribution in [0, 0.1) is 17.3 Å². The minimum Gasteiger partial charge on any atom is -0.330 e. The van der Waals surface area contributed by atoms with Crippen LogP contribution < -0.4 is 5.73 Å². The smallest absolute Gasteiger partial charge is 0.0124 e. The first kappa shape index (κ1) is 14.3. The summed E-state index contributed by atoms with van der Waals surface area (Å²) in [5.74, 6) is 1.58. The molecule has 1 saturated carbocycles. The zero-order valence-corrected chi connectivity index (χ0v) is 12.8. The Morgan fingerprint density at radius 3 is 2.50 bits per heavy atom. The Kier molecular flexibility index (Phi) is 4.38. The Bertz CT molecular complexity index is 274. The highest BCUT2D eigenvalue weighted by molar-refractivity contribution is 4.92. The number of nitrogens with zero attached hydrogens (tertiary/aromatic N) is 1. The van der Waals surface area contributed by atoms with Crippen LogP contribution in [0.25, 0.3) is 0 Å². The molecule has 0 spiro atoms. The van der Waals surface area contributed by atoms with Crippen LogP contribution >= 0.6 is 0 Å². The molecule has 1 aliphatic heterocycles. The third-order valence-corrected chi connectivity index (χ3v) is 5.44.